The smallest absolute Gasteiger partial charge is 0.319 e. The Kier molecular flexibility index (Phi) is 6.40. The number of esters is 1. The van der Waals surface area contributed by atoms with Gasteiger partial charge in [0.1, 0.15) is 10.9 Å². The first-order valence-corrected chi connectivity index (χ1v) is 8.81. The number of hydrogen-bond donors (Lipinski definition) is 3. The lowest BCUT2D eigenvalue weighted by Gasteiger charge is -2.11. The van der Waals surface area contributed by atoms with Crippen molar-refractivity contribution in [3.8, 4) is 0 Å². The largest absolute Gasteiger partial charge is 0.465 e. The fourth-order valence-electron chi connectivity index (χ4n) is 2.01. The molecule has 0 aliphatic heterocycles. The summed E-state index contributed by atoms with van der Waals surface area (Å²) in [5, 5.41) is 2.07. The number of nitrogens with one attached hydrogen (secondary N) is 2. The van der Waals surface area contributed by atoms with Gasteiger partial charge in [-0.05, 0) is 32.9 Å². The number of rotatable bonds is 6. The van der Waals surface area contributed by atoms with Gasteiger partial charge in [0.15, 0.2) is 11.0 Å². The van der Waals surface area contributed by atoms with E-state index in [0.717, 1.165) is 17.3 Å². The van der Waals surface area contributed by atoms with Crippen LogP contribution in [0.3, 0.4) is 0 Å². The van der Waals surface area contributed by atoms with Crippen LogP contribution in [0.5, 0.6) is 0 Å². The molecule has 2 aromatic rings. The number of nitrogens with zero attached hydrogens (tertiary/aromatic N) is 1. The zero-order chi connectivity index (χ0) is 19.3. The van der Waals surface area contributed by atoms with Crippen molar-refractivity contribution in [2.24, 2.45) is 0 Å². The SMILES string of the molecule is CCOC(=O)[C@@H](C)Sc1nc(N)c(NC(=O)c2ccc(C)cc2)c(=O)[nH]1. The molecule has 4 N–H and O–H groups in total. The van der Waals surface area contributed by atoms with Crippen LogP contribution in [0.15, 0.2) is 34.2 Å². The van der Waals surface area contributed by atoms with Gasteiger partial charge in [0.25, 0.3) is 11.5 Å². The number of benzene rings is 1. The van der Waals surface area contributed by atoms with Crippen LogP contribution in [0, 0.1) is 6.92 Å². The van der Waals surface area contributed by atoms with Crippen LogP contribution in [0.4, 0.5) is 11.5 Å². The average molecular weight is 376 g/mol. The molecule has 9 heteroatoms. The maximum absolute atomic E-state index is 12.2. The van der Waals surface area contributed by atoms with Crippen molar-refractivity contribution < 1.29 is 14.3 Å². The van der Waals surface area contributed by atoms with E-state index < -0.39 is 22.7 Å². The van der Waals surface area contributed by atoms with E-state index in [1.165, 1.54) is 0 Å². The summed E-state index contributed by atoms with van der Waals surface area (Å²) in [4.78, 5) is 42.7. The zero-order valence-corrected chi connectivity index (χ0v) is 15.5. The Labute approximate surface area is 154 Å². The second-order valence-electron chi connectivity index (χ2n) is 5.46. The lowest BCUT2D eigenvalue weighted by Crippen LogP contribution is -2.24. The molecular weight excluding hydrogens is 356 g/mol. The standard InChI is InChI=1S/C17H20N4O4S/c1-4-25-16(24)10(3)26-17-20-13(18)12(15(23)21-17)19-14(22)11-7-5-9(2)6-8-11/h5-8,10H,4H2,1-3H3,(H,19,22)(H3,18,20,21,23)/t10-/m1/s1. The first-order valence-electron chi connectivity index (χ1n) is 7.93. The van der Waals surface area contributed by atoms with Gasteiger partial charge >= 0.3 is 5.97 Å². The van der Waals surface area contributed by atoms with E-state index in [1.54, 1.807) is 38.1 Å². The molecule has 1 aromatic heterocycles. The third-order valence-electron chi connectivity index (χ3n) is 3.38. The number of nitrogen functional groups attached to an aromatic ring is 1. The van der Waals surface area contributed by atoms with Gasteiger partial charge in [-0.3, -0.25) is 19.4 Å². The molecule has 138 valence electrons. The number of anilines is 2. The molecular formula is C17H20N4O4S. The quantitative estimate of drug-likeness (QED) is 0.399. The molecule has 1 aromatic carbocycles. The molecule has 0 bridgehead atoms. The summed E-state index contributed by atoms with van der Waals surface area (Å²) in [7, 11) is 0. The van der Waals surface area contributed by atoms with Crippen LogP contribution in [0.2, 0.25) is 0 Å². The normalized spacial score (nSPS) is 11.7. The van der Waals surface area contributed by atoms with E-state index in [0.29, 0.717) is 5.56 Å². The summed E-state index contributed by atoms with van der Waals surface area (Å²) >= 11 is 1.01. The summed E-state index contributed by atoms with van der Waals surface area (Å²) < 4.78 is 4.90. The van der Waals surface area contributed by atoms with Crippen molar-refractivity contribution in [1.82, 2.24) is 9.97 Å². The zero-order valence-electron chi connectivity index (χ0n) is 14.7. The highest BCUT2D eigenvalue weighted by molar-refractivity contribution is 8.00. The Balaban J connectivity index is 2.16. The van der Waals surface area contributed by atoms with Crippen LogP contribution in [0.1, 0.15) is 29.8 Å². The Bertz CT molecular complexity index is 864. The molecule has 0 aliphatic carbocycles. The van der Waals surface area contributed by atoms with Crippen molar-refractivity contribution in [2.45, 2.75) is 31.2 Å². The van der Waals surface area contributed by atoms with Gasteiger partial charge in [-0.1, -0.05) is 29.5 Å². The maximum atomic E-state index is 12.2. The third-order valence-corrected chi connectivity index (χ3v) is 4.35. The summed E-state index contributed by atoms with van der Waals surface area (Å²) in [6, 6.07) is 6.87. The molecule has 1 heterocycles. The van der Waals surface area contributed by atoms with Gasteiger partial charge in [-0.2, -0.15) is 0 Å². The molecule has 0 unspecified atom stereocenters. The molecule has 0 spiro atoms. The van der Waals surface area contributed by atoms with Crippen molar-refractivity contribution in [3.05, 3.63) is 45.7 Å². The van der Waals surface area contributed by atoms with Gasteiger partial charge < -0.3 is 15.8 Å². The van der Waals surface area contributed by atoms with Crippen molar-refractivity contribution in [2.75, 3.05) is 17.7 Å². The van der Waals surface area contributed by atoms with Crippen molar-refractivity contribution >= 4 is 35.1 Å². The van der Waals surface area contributed by atoms with Crippen LogP contribution in [0.25, 0.3) is 0 Å². The number of thioether (sulfide) groups is 1. The minimum absolute atomic E-state index is 0.132. The molecule has 0 radical (unpaired) electrons. The molecule has 0 aliphatic rings. The first-order chi connectivity index (χ1) is 12.3. The van der Waals surface area contributed by atoms with Gasteiger partial charge in [0.2, 0.25) is 0 Å². The van der Waals surface area contributed by atoms with Crippen molar-refractivity contribution in [1.29, 1.82) is 0 Å². The van der Waals surface area contributed by atoms with Gasteiger partial charge in [0.05, 0.1) is 6.61 Å². The number of amides is 1. The maximum Gasteiger partial charge on any atom is 0.319 e. The summed E-state index contributed by atoms with van der Waals surface area (Å²) in [5.74, 6) is -1.02. The van der Waals surface area contributed by atoms with Crippen molar-refractivity contribution in [3.63, 3.8) is 0 Å². The second kappa shape index (κ2) is 8.52. The minimum atomic E-state index is -0.600. The Hall–Kier alpha value is -2.81. The minimum Gasteiger partial charge on any atom is -0.465 e. The van der Waals surface area contributed by atoms with Crippen LogP contribution >= 0.6 is 11.8 Å². The van der Waals surface area contributed by atoms with E-state index >= 15 is 0 Å². The van der Waals surface area contributed by atoms with Crippen LogP contribution in [-0.4, -0.2) is 33.7 Å². The molecule has 1 amide bonds. The highest BCUT2D eigenvalue weighted by Gasteiger charge is 2.19. The van der Waals surface area contributed by atoms with Crippen LogP contribution in [-0.2, 0) is 9.53 Å². The highest BCUT2D eigenvalue weighted by atomic mass is 32.2. The number of aromatic amines is 1. The average Bonchev–Trinajstić information content (AvgIpc) is 2.58. The van der Waals surface area contributed by atoms with E-state index in [1.807, 2.05) is 6.92 Å². The molecule has 0 saturated carbocycles. The fraction of sp³-hybridized carbons (Fsp3) is 0.294. The summed E-state index contributed by atoms with van der Waals surface area (Å²) in [6.07, 6.45) is 0. The molecule has 26 heavy (non-hydrogen) atoms. The summed E-state index contributed by atoms with van der Waals surface area (Å²) in [5.41, 5.74) is 6.48. The van der Waals surface area contributed by atoms with E-state index in [2.05, 4.69) is 15.3 Å². The predicted octanol–water partition coefficient (Wildman–Crippen LogP) is 1.96. The van der Waals surface area contributed by atoms with Crippen LogP contribution < -0.4 is 16.6 Å². The summed E-state index contributed by atoms with van der Waals surface area (Å²) in [6.45, 7) is 5.51. The molecule has 0 fully saturated rings. The molecule has 0 saturated heterocycles. The number of aromatic nitrogens is 2. The number of H-pyrrole nitrogens is 1. The lowest BCUT2D eigenvalue weighted by atomic mass is 10.1. The molecule has 8 nitrogen and oxygen atoms in total. The van der Waals surface area contributed by atoms with E-state index in [9.17, 15) is 14.4 Å². The molecule has 2 rings (SSSR count). The van der Waals surface area contributed by atoms with E-state index in [4.69, 9.17) is 10.5 Å². The number of nitrogens with two attached hydrogens (primary N) is 1. The fourth-order valence-corrected chi connectivity index (χ4v) is 2.81. The van der Waals surface area contributed by atoms with Gasteiger partial charge in [-0.25, -0.2) is 4.98 Å². The Morgan fingerprint density at radius 1 is 1.35 bits per heavy atom. The monoisotopic (exact) mass is 376 g/mol. The highest BCUT2D eigenvalue weighted by Crippen LogP contribution is 2.22. The Morgan fingerprint density at radius 3 is 2.58 bits per heavy atom. The second-order valence-corrected chi connectivity index (χ2v) is 6.79. The first kappa shape index (κ1) is 19.5. The lowest BCUT2D eigenvalue weighted by molar-refractivity contribution is -0.142. The van der Waals surface area contributed by atoms with Gasteiger partial charge in [0, 0.05) is 5.56 Å². The van der Waals surface area contributed by atoms with Gasteiger partial charge in [-0.15, -0.1) is 0 Å². The third kappa shape index (κ3) is 4.85. The predicted molar refractivity (Wildman–Crippen MR) is 100 cm³/mol. The number of hydrogen-bond acceptors (Lipinski definition) is 7. The number of carbonyl (C=O) groups excluding carboxylic acids is 2. The number of carbonyl (C=O) groups is 2. The van der Waals surface area contributed by atoms with E-state index in [-0.39, 0.29) is 23.3 Å². The molecule has 1 atom stereocenters. The number of aryl methyl sites for hydroxylation is 1. The topological polar surface area (TPSA) is 127 Å². The Morgan fingerprint density at radius 2 is 2.00 bits per heavy atom. The number of ether oxygens (including phenoxy) is 1.